The molecule has 0 radical (unpaired) electrons. The molecule has 0 N–H and O–H groups in total. The van der Waals surface area contributed by atoms with E-state index in [1.165, 1.54) is 5.56 Å². The molecule has 4 heteroatoms. The first-order valence-electron chi connectivity index (χ1n) is 6.45. The van der Waals surface area contributed by atoms with E-state index < -0.39 is 0 Å². The average Bonchev–Trinajstić information content (AvgIpc) is 2.72. The number of likely N-dealkylation sites (N-methyl/N-ethyl adjacent to an activating group) is 1. The second-order valence-corrected chi connectivity index (χ2v) is 4.70. The number of benzene rings is 1. The van der Waals surface area contributed by atoms with E-state index in [9.17, 15) is 0 Å². The van der Waals surface area contributed by atoms with Crippen molar-refractivity contribution in [1.82, 2.24) is 10.1 Å². The molecular weight excluding hydrogens is 240 g/mol. The Morgan fingerprint density at radius 1 is 1.21 bits per heavy atom. The second-order valence-electron chi connectivity index (χ2n) is 4.70. The molecule has 0 unspecified atom stereocenters. The number of ether oxygens (including phenoxy) is 1. The first-order chi connectivity index (χ1) is 9.16. The topological polar surface area (TPSA) is 38.5 Å². The van der Waals surface area contributed by atoms with Crippen molar-refractivity contribution in [3.05, 3.63) is 47.3 Å². The van der Waals surface area contributed by atoms with E-state index in [0.29, 0.717) is 6.61 Å². The van der Waals surface area contributed by atoms with Crippen LogP contribution in [-0.2, 0) is 6.54 Å². The van der Waals surface area contributed by atoms with Crippen LogP contribution in [0, 0.1) is 13.8 Å². The zero-order chi connectivity index (χ0) is 13.7. The minimum Gasteiger partial charge on any atom is -0.492 e. The van der Waals surface area contributed by atoms with Gasteiger partial charge in [-0.2, -0.15) is 0 Å². The van der Waals surface area contributed by atoms with E-state index in [-0.39, 0.29) is 0 Å². The summed E-state index contributed by atoms with van der Waals surface area (Å²) in [6.07, 6.45) is 0. The second kappa shape index (κ2) is 6.38. The minimum atomic E-state index is 0.671. The molecule has 0 aliphatic rings. The zero-order valence-corrected chi connectivity index (χ0v) is 11.7. The van der Waals surface area contributed by atoms with Crippen molar-refractivity contribution < 1.29 is 9.26 Å². The molecule has 0 amide bonds. The van der Waals surface area contributed by atoms with Crippen LogP contribution in [0.15, 0.2) is 34.9 Å². The lowest BCUT2D eigenvalue weighted by Gasteiger charge is -2.16. The van der Waals surface area contributed by atoms with Gasteiger partial charge < -0.3 is 9.26 Å². The van der Waals surface area contributed by atoms with Gasteiger partial charge in [-0.25, -0.2) is 0 Å². The number of aromatic nitrogens is 1. The van der Waals surface area contributed by atoms with Crippen molar-refractivity contribution in [3.8, 4) is 5.75 Å². The predicted octanol–water partition coefficient (Wildman–Crippen LogP) is 2.80. The molecule has 1 aromatic heterocycles. The van der Waals surface area contributed by atoms with Crippen molar-refractivity contribution in [2.24, 2.45) is 0 Å². The molecule has 1 heterocycles. The smallest absolute Gasteiger partial charge is 0.138 e. The van der Waals surface area contributed by atoms with E-state index >= 15 is 0 Å². The van der Waals surface area contributed by atoms with Gasteiger partial charge in [0.05, 0.1) is 5.69 Å². The lowest BCUT2D eigenvalue weighted by Crippen LogP contribution is -2.24. The van der Waals surface area contributed by atoms with Gasteiger partial charge in [0.15, 0.2) is 0 Å². The number of aryl methyl sites for hydroxylation is 2. The summed E-state index contributed by atoms with van der Waals surface area (Å²) in [5.41, 5.74) is 2.13. The standard InChI is InChI=1S/C15H20N2O2/c1-12-15(13(2)19-16-12)11-17(3)9-10-18-14-7-5-4-6-8-14/h4-8H,9-11H2,1-3H3. The Bertz CT molecular complexity index is 489. The first-order valence-corrected chi connectivity index (χ1v) is 6.45. The van der Waals surface area contributed by atoms with E-state index in [0.717, 1.165) is 30.3 Å². The lowest BCUT2D eigenvalue weighted by atomic mass is 10.2. The highest BCUT2D eigenvalue weighted by atomic mass is 16.5. The van der Waals surface area contributed by atoms with Crippen molar-refractivity contribution in [1.29, 1.82) is 0 Å². The molecule has 0 spiro atoms. The normalized spacial score (nSPS) is 10.9. The van der Waals surface area contributed by atoms with Gasteiger partial charge in [-0.3, -0.25) is 4.90 Å². The molecule has 0 saturated heterocycles. The summed E-state index contributed by atoms with van der Waals surface area (Å²) < 4.78 is 10.8. The Balaban J connectivity index is 1.78. The monoisotopic (exact) mass is 260 g/mol. The number of nitrogens with zero attached hydrogens (tertiary/aromatic N) is 2. The number of hydrogen-bond acceptors (Lipinski definition) is 4. The molecular formula is C15H20N2O2. The lowest BCUT2D eigenvalue weighted by molar-refractivity contribution is 0.232. The summed E-state index contributed by atoms with van der Waals surface area (Å²) in [5.74, 6) is 1.81. The Kier molecular flexibility index (Phi) is 4.58. The van der Waals surface area contributed by atoms with Crippen LogP contribution in [0.4, 0.5) is 0 Å². The van der Waals surface area contributed by atoms with Crippen LogP contribution in [-0.4, -0.2) is 30.3 Å². The molecule has 0 fully saturated rings. The van der Waals surface area contributed by atoms with Crippen molar-refractivity contribution >= 4 is 0 Å². The third kappa shape index (κ3) is 3.83. The summed E-state index contributed by atoms with van der Waals surface area (Å²) >= 11 is 0. The molecule has 0 atom stereocenters. The van der Waals surface area contributed by atoms with Crippen LogP contribution in [0.25, 0.3) is 0 Å². The van der Waals surface area contributed by atoms with Crippen LogP contribution < -0.4 is 4.74 Å². The summed E-state index contributed by atoms with van der Waals surface area (Å²) in [4.78, 5) is 2.20. The van der Waals surface area contributed by atoms with Gasteiger partial charge in [-0.05, 0) is 33.0 Å². The maximum atomic E-state index is 5.68. The number of rotatable bonds is 6. The zero-order valence-electron chi connectivity index (χ0n) is 11.7. The van der Waals surface area contributed by atoms with Crippen LogP contribution >= 0.6 is 0 Å². The fraction of sp³-hybridized carbons (Fsp3) is 0.400. The van der Waals surface area contributed by atoms with Crippen LogP contribution in [0.1, 0.15) is 17.0 Å². The molecule has 1 aromatic carbocycles. The number of para-hydroxylation sites is 1. The summed E-state index contributed by atoms with van der Waals surface area (Å²) in [7, 11) is 2.07. The molecule has 2 rings (SSSR count). The van der Waals surface area contributed by atoms with Crippen LogP contribution in [0.2, 0.25) is 0 Å². The predicted molar refractivity (Wildman–Crippen MR) is 74.2 cm³/mol. The van der Waals surface area contributed by atoms with Gasteiger partial charge in [-0.1, -0.05) is 23.4 Å². The van der Waals surface area contributed by atoms with Gasteiger partial charge in [0.2, 0.25) is 0 Å². The van der Waals surface area contributed by atoms with Gasteiger partial charge in [0.1, 0.15) is 18.1 Å². The summed E-state index contributed by atoms with van der Waals surface area (Å²) in [5, 5.41) is 3.96. The summed E-state index contributed by atoms with van der Waals surface area (Å²) in [6, 6.07) is 9.87. The van der Waals surface area contributed by atoms with Gasteiger partial charge >= 0.3 is 0 Å². The molecule has 19 heavy (non-hydrogen) atoms. The molecule has 0 bridgehead atoms. The quantitative estimate of drug-likeness (QED) is 0.800. The minimum absolute atomic E-state index is 0.671. The maximum absolute atomic E-state index is 5.68. The fourth-order valence-electron chi connectivity index (χ4n) is 1.91. The third-order valence-corrected chi connectivity index (χ3v) is 3.09. The first kappa shape index (κ1) is 13.6. The van der Waals surface area contributed by atoms with Crippen LogP contribution in [0.3, 0.4) is 0 Å². The average molecular weight is 260 g/mol. The van der Waals surface area contributed by atoms with Crippen molar-refractivity contribution in [3.63, 3.8) is 0 Å². The SMILES string of the molecule is Cc1noc(C)c1CN(C)CCOc1ccccc1. The number of hydrogen-bond donors (Lipinski definition) is 0. The Morgan fingerprint density at radius 2 is 1.95 bits per heavy atom. The van der Waals surface area contributed by atoms with E-state index in [1.807, 2.05) is 44.2 Å². The highest BCUT2D eigenvalue weighted by Gasteiger charge is 2.11. The highest BCUT2D eigenvalue weighted by Crippen LogP contribution is 2.14. The van der Waals surface area contributed by atoms with Crippen molar-refractivity contribution in [2.45, 2.75) is 20.4 Å². The van der Waals surface area contributed by atoms with E-state index in [4.69, 9.17) is 9.26 Å². The fourth-order valence-corrected chi connectivity index (χ4v) is 1.91. The van der Waals surface area contributed by atoms with Gasteiger partial charge in [0, 0.05) is 18.7 Å². The summed E-state index contributed by atoms with van der Waals surface area (Å²) in [6.45, 7) is 6.28. The van der Waals surface area contributed by atoms with Gasteiger partial charge in [-0.15, -0.1) is 0 Å². The molecule has 102 valence electrons. The largest absolute Gasteiger partial charge is 0.492 e. The maximum Gasteiger partial charge on any atom is 0.138 e. The van der Waals surface area contributed by atoms with Crippen LogP contribution in [0.5, 0.6) is 5.75 Å². The molecule has 4 nitrogen and oxygen atoms in total. The van der Waals surface area contributed by atoms with E-state index in [1.54, 1.807) is 0 Å². The molecule has 0 aliphatic heterocycles. The Morgan fingerprint density at radius 3 is 2.58 bits per heavy atom. The molecule has 0 saturated carbocycles. The highest BCUT2D eigenvalue weighted by molar-refractivity contribution is 5.21. The molecule has 2 aromatic rings. The van der Waals surface area contributed by atoms with Crippen molar-refractivity contribution in [2.75, 3.05) is 20.2 Å². The van der Waals surface area contributed by atoms with Gasteiger partial charge in [0.25, 0.3) is 0 Å². The molecule has 0 aliphatic carbocycles. The third-order valence-electron chi connectivity index (χ3n) is 3.09. The van der Waals surface area contributed by atoms with E-state index in [2.05, 4.69) is 17.1 Å². The Hall–Kier alpha value is -1.81. The Labute approximate surface area is 114 Å².